The van der Waals surface area contributed by atoms with Crippen molar-refractivity contribution < 1.29 is 4.79 Å². The van der Waals surface area contributed by atoms with Gasteiger partial charge in [0.15, 0.2) is 0 Å². The molecule has 1 aromatic carbocycles. The standard InChI is InChI=1S/C20H24N4OS/c1-2-23-13-11-21-20(23)15-6-5-12-24(14-15)19(25)10-9-18-22-16-7-3-4-8-17(16)26-18/h3-4,7-8,11,13,15H,2,5-6,9-10,12,14H2,1H3/t15-/m1/s1. The lowest BCUT2D eigenvalue weighted by atomic mass is 9.96. The fourth-order valence-electron chi connectivity index (χ4n) is 3.76. The first-order valence-corrected chi connectivity index (χ1v) is 10.2. The first kappa shape index (κ1) is 17.2. The Morgan fingerprint density at radius 3 is 3.08 bits per heavy atom. The Hall–Kier alpha value is -2.21. The number of imidazole rings is 1. The molecule has 4 rings (SSSR count). The third-order valence-corrected chi connectivity index (χ3v) is 6.21. The number of likely N-dealkylation sites (tertiary alicyclic amines) is 1. The number of aromatic nitrogens is 3. The van der Waals surface area contributed by atoms with Gasteiger partial charge < -0.3 is 9.47 Å². The summed E-state index contributed by atoms with van der Waals surface area (Å²) in [7, 11) is 0. The molecular weight excluding hydrogens is 344 g/mol. The van der Waals surface area contributed by atoms with Crippen molar-refractivity contribution in [1.82, 2.24) is 19.4 Å². The Bertz CT molecular complexity index is 867. The van der Waals surface area contributed by atoms with Gasteiger partial charge in [-0.2, -0.15) is 0 Å². The number of fused-ring (bicyclic) bond motifs is 1. The highest BCUT2D eigenvalue weighted by Crippen LogP contribution is 2.27. The number of hydrogen-bond acceptors (Lipinski definition) is 4. The minimum absolute atomic E-state index is 0.239. The predicted octanol–water partition coefficient (Wildman–Crippen LogP) is 3.85. The molecule has 1 fully saturated rings. The molecule has 3 aromatic rings. The van der Waals surface area contributed by atoms with Crippen molar-refractivity contribution in [2.24, 2.45) is 0 Å². The maximum Gasteiger partial charge on any atom is 0.223 e. The minimum Gasteiger partial charge on any atom is -0.342 e. The third-order valence-electron chi connectivity index (χ3n) is 5.12. The van der Waals surface area contributed by atoms with Gasteiger partial charge in [-0.15, -0.1) is 11.3 Å². The molecule has 0 unspecified atom stereocenters. The van der Waals surface area contributed by atoms with E-state index in [1.54, 1.807) is 11.3 Å². The van der Waals surface area contributed by atoms with Gasteiger partial charge in [-0.3, -0.25) is 4.79 Å². The van der Waals surface area contributed by atoms with Gasteiger partial charge >= 0.3 is 0 Å². The van der Waals surface area contributed by atoms with Crippen molar-refractivity contribution in [2.45, 2.75) is 45.1 Å². The molecular formula is C20H24N4OS. The summed E-state index contributed by atoms with van der Waals surface area (Å²) < 4.78 is 3.39. The van der Waals surface area contributed by atoms with E-state index in [1.165, 1.54) is 4.70 Å². The monoisotopic (exact) mass is 368 g/mol. The largest absolute Gasteiger partial charge is 0.342 e. The number of piperidine rings is 1. The number of carbonyl (C=O) groups is 1. The Morgan fingerprint density at radius 2 is 2.23 bits per heavy atom. The number of benzene rings is 1. The van der Waals surface area contributed by atoms with E-state index in [-0.39, 0.29) is 5.91 Å². The lowest BCUT2D eigenvalue weighted by Crippen LogP contribution is -2.39. The van der Waals surface area contributed by atoms with E-state index in [9.17, 15) is 4.79 Å². The van der Waals surface area contributed by atoms with Crippen molar-refractivity contribution in [1.29, 1.82) is 0 Å². The average molecular weight is 369 g/mol. The molecule has 6 heteroatoms. The first-order valence-electron chi connectivity index (χ1n) is 9.38. The van der Waals surface area contributed by atoms with Crippen LogP contribution in [0, 0.1) is 0 Å². The predicted molar refractivity (Wildman–Crippen MR) is 104 cm³/mol. The fraction of sp³-hybridized carbons (Fsp3) is 0.450. The van der Waals surface area contributed by atoms with Gasteiger partial charge in [0.05, 0.1) is 15.2 Å². The molecule has 2 aromatic heterocycles. The van der Waals surface area contributed by atoms with Gasteiger partial charge in [0.25, 0.3) is 0 Å². The van der Waals surface area contributed by atoms with Crippen LogP contribution in [0.15, 0.2) is 36.7 Å². The van der Waals surface area contributed by atoms with Crippen LogP contribution in [-0.4, -0.2) is 38.4 Å². The van der Waals surface area contributed by atoms with Crippen LogP contribution in [0.4, 0.5) is 0 Å². The zero-order valence-electron chi connectivity index (χ0n) is 15.1. The molecule has 0 spiro atoms. The molecule has 0 saturated carbocycles. The Morgan fingerprint density at radius 1 is 1.35 bits per heavy atom. The zero-order chi connectivity index (χ0) is 17.9. The third kappa shape index (κ3) is 3.51. The van der Waals surface area contributed by atoms with E-state index in [4.69, 9.17) is 0 Å². The number of nitrogens with zero attached hydrogens (tertiary/aromatic N) is 4. The highest BCUT2D eigenvalue weighted by molar-refractivity contribution is 7.18. The van der Waals surface area contributed by atoms with E-state index < -0.39 is 0 Å². The van der Waals surface area contributed by atoms with Crippen LogP contribution >= 0.6 is 11.3 Å². The van der Waals surface area contributed by atoms with Crippen LogP contribution < -0.4 is 0 Å². The molecule has 5 nitrogen and oxygen atoms in total. The molecule has 1 aliphatic heterocycles. The summed E-state index contributed by atoms with van der Waals surface area (Å²) in [4.78, 5) is 23.9. The van der Waals surface area contributed by atoms with E-state index in [1.807, 2.05) is 35.5 Å². The molecule has 0 aliphatic carbocycles. The molecule has 0 N–H and O–H groups in total. The van der Waals surface area contributed by atoms with Crippen molar-refractivity contribution in [3.63, 3.8) is 0 Å². The lowest BCUT2D eigenvalue weighted by molar-refractivity contribution is -0.132. The molecule has 3 heterocycles. The van der Waals surface area contributed by atoms with Gasteiger partial charge in [0, 0.05) is 50.8 Å². The van der Waals surface area contributed by atoms with E-state index in [0.717, 1.165) is 55.2 Å². The van der Waals surface area contributed by atoms with Gasteiger partial charge in [-0.25, -0.2) is 9.97 Å². The summed E-state index contributed by atoms with van der Waals surface area (Å²) in [5, 5.41) is 1.05. The normalized spacial score (nSPS) is 17.7. The Labute approximate surface area is 157 Å². The van der Waals surface area contributed by atoms with Gasteiger partial charge in [0.1, 0.15) is 5.82 Å². The molecule has 26 heavy (non-hydrogen) atoms. The van der Waals surface area contributed by atoms with E-state index >= 15 is 0 Å². The highest BCUT2D eigenvalue weighted by atomic mass is 32.1. The molecule has 1 aliphatic rings. The summed E-state index contributed by atoms with van der Waals surface area (Å²) in [5.74, 6) is 1.71. The van der Waals surface area contributed by atoms with Crippen LogP contribution in [-0.2, 0) is 17.8 Å². The number of thiazole rings is 1. The molecule has 1 amide bonds. The second-order valence-corrected chi connectivity index (χ2v) is 7.94. The second-order valence-electron chi connectivity index (χ2n) is 6.83. The van der Waals surface area contributed by atoms with Crippen LogP contribution in [0.25, 0.3) is 10.2 Å². The summed E-state index contributed by atoms with van der Waals surface area (Å²) in [6.07, 6.45) is 7.32. The summed E-state index contributed by atoms with van der Waals surface area (Å²) >= 11 is 1.69. The first-order chi connectivity index (χ1) is 12.7. The van der Waals surface area contributed by atoms with Gasteiger partial charge in [-0.05, 0) is 31.9 Å². The highest BCUT2D eigenvalue weighted by Gasteiger charge is 2.27. The minimum atomic E-state index is 0.239. The fourth-order valence-corrected chi connectivity index (χ4v) is 4.73. The summed E-state index contributed by atoms with van der Waals surface area (Å²) in [6.45, 7) is 4.71. The maximum atomic E-state index is 12.7. The van der Waals surface area contributed by atoms with E-state index in [2.05, 4.69) is 27.5 Å². The lowest BCUT2D eigenvalue weighted by Gasteiger charge is -2.32. The Balaban J connectivity index is 1.38. The summed E-state index contributed by atoms with van der Waals surface area (Å²) in [6, 6.07) is 8.15. The van der Waals surface area contributed by atoms with Crippen LogP contribution in [0.2, 0.25) is 0 Å². The number of para-hydroxylation sites is 1. The number of hydrogen-bond donors (Lipinski definition) is 0. The number of aryl methyl sites for hydroxylation is 2. The maximum absolute atomic E-state index is 12.7. The second kappa shape index (κ2) is 7.58. The Kier molecular flexibility index (Phi) is 5.02. The van der Waals surface area contributed by atoms with Crippen molar-refractivity contribution in [2.75, 3.05) is 13.1 Å². The number of carbonyl (C=O) groups excluding carboxylic acids is 1. The molecule has 136 valence electrons. The van der Waals surface area contributed by atoms with Crippen molar-refractivity contribution >= 4 is 27.5 Å². The number of amides is 1. The summed E-state index contributed by atoms with van der Waals surface area (Å²) in [5.41, 5.74) is 1.03. The van der Waals surface area contributed by atoms with Gasteiger partial charge in [-0.1, -0.05) is 12.1 Å². The quantitative estimate of drug-likeness (QED) is 0.687. The molecule has 1 atom stereocenters. The molecule has 1 saturated heterocycles. The van der Waals surface area contributed by atoms with Crippen molar-refractivity contribution in [3.8, 4) is 0 Å². The molecule has 0 radical (unpaired) electrons. The van der Waals surface area contributed by atoms with Crippen LogP contribution in [0.5, 0.6) is 0 Å². The smallest absolute Gasteiger partial charge is 0.223 e. The topological polar surface area (TPSA) is 51.0 Å². The number of rotatable bonds is 5. The van der Waals surface area contributed by atoms with E-state index in [0.29, 0.717) is 12.3 Å². The van der Waals surface area contributed by atoms with Gasteiger partial charge in [0.2, 0.25) is 5.91 Å². The van der Waals surface area contributed by atoms with Crippen molar-refractivity contribution in [3.05, 3.63) is 47.5 Å². The zero-order valence-corrected chi connectivity index (χ0v) is 15.9. The average Bonchev–Trinajstić information content (AvgIpc) is 3.32. The SMILES string of the molecule is CCn1ccnc1[C@@H]1CCCN(C(=O)CCc2nc3ccccc3s2)C1. The molecule has 0 bridgehead atoms. The van der Waals surface area contributed by atoms with Crippen LogP contribution in [0.3, 0.4) is 0 Å². The van der Waals surface area contributed by atoms with Crippen LogP contribution in [0.1, 0.15) is 42.9 Å².